The van der Waals surface area contributed by atoms with Gasteiger partial charge in [-0.05, 0) is 51.2 Å². The molecule has 0 saturated heterocycles. The Morgan fingerprint density at radius 3 is 2.62 bits per heavy atom. The Kier molecular flexibility index (Phi) is 5.80. The van der Waals surface area contributed by atoms with Crippen LogP contribution in [0.4, 0.5) is 0 Å². The minimum Gasteiger partial charge on any atom is -0.379 e. The number of aryl methyl sites for hydroxylation is 1. The van der Waals surface area contributed by atoms with Crippen LogP contribution >= 0.6 is 0 Å². The predicted octanol–water partition coefficient (Wildman–Crippen LogP) is 3.62. The van der Waals surface area contributed by atoms with E-state index in [1.165, 1.54) is 24.0 Å². The van der Waals surface area contributed by atoms with Gasteiger partial charge in [0.1, 0.15) is 0 Å². The van der Waals surface area contributed by atoms with Crippen molar-refractivity contribution in [3.05, 3.63) is 35.4 Å². The standard InChI is InChI=1S/C18H29NO2/c1-14-7-5-6-8-16(14)17(13-19-15-9-10-15)21-12-11-18(2,3)20-4/h5-8,15,17,19H,9-13H2,1-4H3. The molecule has 0 bridgehead atoms. The highest BCUT2D eigenvalue weighted by molar-refractivity contribution is 5.28. The van der Waals surface area contributed by atoms with Crippen molar-refractivity contribution in [2.45, 2.75) is 57.8 Å². The average Bonchev–Trinajstić information content (AvgIpc) is 3.27. The minimum atomic E-state index is -0.125. The smallest absolute Gasteiger partial charge is 0.0951 e. The Morgan fingerprint density at radius 1 is 1.29 bits per heavy atom. The van der Waals surface area contributed by atoms with Gasteiger partial charge in [-0.15, -0.1) is 0 Å². The van der Waals surface area contributed by atoms with Gasteiger partial charge in [0.05, 0.1) is 18.3 Å². The second kappa shape index (κ2) is 7.39. The first-order valence-electron chi connectivity index (χ1n) is 7.97. The Morgan fingerprint density at radius 2 is 2.00 bits per heavy atom. The van der Waals surface area contributed by atoms with Crippen molar-refractivity contribution in [2.24, 2.45) is 0 Å². The monoisotopic (exact) mass is 291 g/mol. The molecule has 0 spiro atoms. The molecule has 0 heterocycles. The zero-order chi connectivity index (χ0) is 15.3. The number of hydrogen-bond donors (Lipinski definition) is 1. The summed E-state index contributed by atoms with van der Waals surface area (Å²) in [7, 11) is 1.76. The largest absolute Gasteiger partial charge is 0.379 e. The molecule has 118 valence electrons. The third-order valence-electron chi connectivity index (χ3n) is 4.28. The molecule has 1 aromatic carbocycles. The highest BCUT2D eigenvalue weighted by Crippen LogP contribution is 2.25. The van der Waals surface area contributed by atoms with Crippen LogP contribution in [0.1, 0.15) is 50.3 Å². The molecule has 1 aliphatic carbocycles. The summed E-state index contributed by atoms with van der Waals surface area (Å²) in [6.07, 6.45) is 3.63. The molecule has 1 N–H and O–H groups in total. The third kappa shape index (κ3) is 5.42. The summed E-state index contributed by atoms with van der Waals surface area (Å²) >= 11 is 0. The SMILES string of the molecule is COC(C)(C)CCOC(CNC1CC1)c1ccccc1C. The van der Waals surface area contributed by atoms with Gasteiger partial charge in [0.2, 0.25) is 0 Å². The Labute approximate surface area is 129 Å². The summed E-state index contributed by atoms with van der Waals surface area (Å²) in [5.74, 6) is 0. The lowest BCUT2D eigenvalue weighted by Gasteiger charge is -2.26. The third-order valence-corrected chi connectivity index (χ3v) is 4.28. The van der Waals surface area contributed by atoms with Gasteiger partial charge in [0, 0.05) is 19.7 Å². The van der Waals surface area contributed by atoms with E-state index in [9.17, 15) is 0 Å². The van der Waals surface area contributed by atoms with E-state index >= 15 is 0 Å². The molecule has 3 heteroatoms. The molecular weight excluding hydrogens is 262 g/mol. The zero-order valence-corrected chi connectivity index (χ0v) is 13.8. The lowest BCUT2D eigenvalue weighted by atomic mass is 10.0. The molecular formula is C18H29NO2. The van der Waals surface area contributed by atoms with Gasteiger partial charge in [-0.25, -0.2) is 0 Å². The van der Waals surface area contributed by atoms with E-state index in [-0.39, 0.29) is 11.7 Å². The summed E-state index contributed by atoms with van der Waals surface area (Å²) in [6, 6.07) is 9.21. The number of hydrogen-bond acceptors (Lipinski definition) is 3. The fourth-order valence-corrected chi connectivity index (χ4v) is 2.32. The molecule has 0 amide bonds. The van der Waals surface area contributed by atoms with Crippen molar-refractivity contribution in [3.8, 4) is 0 Å². The molecule has 1 unspecified atom stereocenters. The van der Waals surface area contributed by atoms with E-state index in [0.717, 1.165) is 13.0 Å². The number of benzene rings is 1. The molecule has 1 fully saturated rings. The van der Waals surface area contributed by atoms with Crippen LogP contribution in [0.15, 0.2) is 24.3 Å². The number of methoxy groups -OCH3 is 1. The highest BCUT2D eigenvalue weighted by Gasteiger charge is 2.24. The van der Waals surface area contributed by atoms with Crippen LogP contribution in [0, 0.1) is 6.92 Å². The molecule has 3 nitrogen and oxygen atoms in total. The van der Waals surface area contributed by atoms with Gasteiger partial charge in [-0.2, -0.15) is 0 Å². The summed E-state index contributed by atoms with van der Waals surface area (Å²) in [5.41, 5.74) is 2.46. The summed E-state index contributed by atoms with van der Waals surface area (Å²) in [5, 5.41) is 3.59. The highest BCUT2D eigenvalue weighted by atomic mass is 16.5. The molecule has 0 aliphatic heterocycles. The number of ether oxygens (including phenoxy) is 2. The van der Waals surface area contributed by atoms with E-state index in [1.54, 1.807) is 7.11 Å². The predicted molar refractivity (Wildman–Crippen MR) is 86.6 cm³/mol. The molecule has 0 radical (unpaired) electrons. The topological polar surface area (TPSA) is 30.5 Å². The van der Waals surface area contributed by atoms with E-state index in [1.807, 2.05) is 0 Å². The average molecular weight is 291 g/mol. The first-order chi connectivity index (χ1) is 10.0. The van der Waals surface area contributed by atoms with Crippen LogP contribution in [0.3, 0.4) is 0 Å². The molecule has 1 aliphatic rings. The quantitative estimate of drug-likeness (QED) is 0.754. The fraction of sp³-hybridized carbons (Fsp3) is 0.667. The number of rotatable bonds is 9. The lowest BCUT2D eigenvalue weighted by molar-refractivity contribution is -0.0274. The molecule has 1 aromatic rings. The van der Waals surface area contributed by atoms with Crippen LogP contribution in [0.2, 0.25) is 0 Å². The summed E-state index contributed by atoms with van der Waals surface area (Å²) in [6.45, 7) is 7.96. The van der Waals surface area contributed by atoms with Crippen LogP contribution in [-0.2, 0) is 9.47 Å². The van der Waals surface area contributed by atoms with Crippen molar-refractivity contribution in [2.75, 3.05) is 20.3 Å². The van der Waals surface area contributed by atoms with Crippen molar-refractivity contribution >= 4 is 0 Å². The molecule has 21 heavy (non-hydrogen) atoms. The second-order valence-electron chi connectivity index (χ2n) is 6.61. The number of nitrogens with one attached hydrogen (secondary N) is 1. The van der Waals surface area contributed by atoms with Crippen molar-refractivity contribution < 1.29 is 9.47 Å². The minimum absolute atomic E-state index is 0.124. The Hall–Kier alpha value is -0.900. The van der Waals surface area contributed by atoms with Gasteiger partial charge in [0.25, 0.3) is 0 Å². The van der Waals surface area contributed by atoms with Gasteiger partial charge in [0.15, 0.2) is 0 Å². The van der Waals surface area contributed by atoms with Crippen LogP contribution in [-0.4, -0.2) is 31.9 Å². The Bertz CT molecular complexity index is 441. The van der Waals surface area contributed by atoms with Gasteiger partial charge in [-0.3, -0.25) is 0 Å². The van der Waals surface area contributed by atoms with Gasteiger partial charge >= 0.3 is 0 Å². The molecule has 2 rings (SSSR count). The Balaban J connectivity index is 1.93. The van der Waals surface area contributed by atoms with E-state index in [4.69, 9.17) is 9.47 Å². The maximum atomic E-state index is 6.18. The van der Waals surface area contributed by atoms with Gasteiger partial charge < -0.3 is 14.8 Å². The van der Waals surface area contributed by atoms with Crippen molar-refractivity contribution in [3.63, 3.8) is 0 Å². The molecule has 0 aromatic heterocycles. The lowest BCUT2D eigenvalue weighted by Crippen LogP contribution is -2.28. The van der Waals surface area contributed by atoms with Crippen molar-refractivity contribution in [1.82, 2.24) is 5.32 Å². The first-order valence-corrected chi connectivity index (χ1v) is 7.97. The van der Waals surface area contributed by atoms with Gasteiger partial charge in [-0.1, -0.05) is 24.3 Å². The second-order valence-corrected chi connectivity index (χ2v) is 6.61. The summed E-state index contributed by atoms with van der Waals surface area (Å²) in [4.78, 5) is 0. The van der Waals surface area contributed by atoms with E-state index in [0.29, 0.717) is 12.6 Å². The zero-order valence-electron chi connectivity index (χ0n) is 13.8. The first kappa shape index (κ1) is 16.5. The fourth-order valence-electron chi connectivity index (χ4n) is 2.32. The summed E-state index contributed by atoms with van der Waals surface area (Å²) < 4.78 is 11.6. The van der Waals surface area contributed by atoms with Crippen LogP contribution in [0.5, 0.6) is 0 Å². The van der Waals surface area contributed by atoms with E-state index < -0.39 is 0 Å². The van der Waals surface area contributed by atoms with Crippen LogP contribution in [0.25, 0.3) is 0 Å². The molecule has 1 atom stereocenters. The van der Waals surface area contributed by atoms with E-state index in [2.05, 4.69) is 50.4 Å². The molecule has 1 saturated carbocycles. The normalized spacial score (nSPS) is 17.0. The van der Waals surface area contributed by atoms with Crippen LogP contribution < -0.4 is 5.32 Å². The maximum absolute atomic E-state index is 6.18. The maximum Gasteiger partial charge on any atom is 0.0951 e. The van der Waals surface area contributed by atoms with Crippen molar-refractivity contribution in [1.29, 1.82) is 0 Å².